The minimum Gasteiger partial charge on any atom is -0.493 e. The number of anilines is 1. The third-order valence-corrected chi connectivity index (χ3v) is 7.80. The summed E-state index contributed by atoms with van der Waals surface area (Å²) in [6.07, 6.45) is 5.96. The molecule has 8 nitrogen and oxygen atoms in total. The van der Waals surface area contributed by atoms with Crippen LogP contribution < -0.4 is 9.64 Å². The number of benzene rings is 2. The average molecular weight is 836 g/mol. The number of unbranched alkanes of at least 4 members (excludes halogenated alkanes) is 3. The number of hydrogen-bond acceptors (Lipinski definition) is 7. The highest BCUT2D eigenvalue weighted by atomic mass is 127. The fourth-order valence-electron chi connectivity index (χ4n) is 4.63. The second-order valence-electron chi connectivity index (χ2n) is 11.4. The Kier molecular flexibility index (Phi) is 17.4. The van der Waals surface area contributed by atoms with Gasteiger partial charge in [-0.1, -0.05) is 25.0 Å². The van der Waals surface area contributed by atoms with Crippen LogP contribution in [0.2, 0.25) is 0 Å². The van der Waals surface area contributed by atoms with E-state index in [-0.39, 0.29) is 24.5 Å². The Morgan fingerprint density at radius 2 is 1.43 bits per heavy atom. The highest BCUT2D eigenvalue weighted by Gasteiger charge is 2.24. The summed E-state index contributed by atoms with van der Waals surface area (Å²) in [6.45, 7) is 10.9. The highest BCUT2D eigenvalue weighted by Crippen LogP contribution is 2.27. The number of rotatable bonds is 18. The van der Waals surface area contributed by atoms with E-state index >= 15 is 0 Å². The van der Waals surface area contributed by atoms with Crippen LogP contribution >= 0.6 is 45.2 Å². The molecule has 244 valence electrons. The summed E-state index contributed by atoms with van der Waals surface area (Å²) in [4.78, 5) is 38.6. The van der Waals surface area contributed by atoms with E-state index in [0.717, 1.165) is 61.8 Å². The van der Waals surface area contributed by atoms with Crippen molar-refractivity contribution in [1.29, 1.82) is 0 Å². The molecule has 0 aliphatic rings. The first-order valence-corrected chi connectivity index (χ1v) is 17.6. The van der Waals surface area contributed by atoms with Crippen LogP contribution in [0.15, 0.2) is 36.4 Å². The van der Waals surface area contributed by atoms with E-state index in [1.54, 1.807) is 18.7 Å². The monoisotopic (exact) mass is 835 g/mol. The molecule has 0 saturated heterocycles. The molecule has 0 N–H and O–H groups in total. The van der Waals surface area contributed by atoms with Crippen molar-refractivity contribution < 1.29 is 33.3 Å². The first-order chi connectivity index (χ1) is 20.9. The van der Waals surface area contributed by atoms with Crippen molar-refractivity contribution in [2.75, 3.05) is 31.3 Å². The van der Waals surface area contributed by atoms with E-state index in [0.29, 0.717) is 45.6 Å². The summed E-state index contributed by atoms with van der Waals surface area (Å²) in [6, 6.07) is 12.1. The lowest BCUT2D eigenvalue weighted by atomic mass is 9.96. The van der Waals surface area contributed by atoms with Gasteiger partial charge in [0.25, 0.3) is 0 Å². The van der Waals surface area contributed by atoms with Crippen molar-refractivity contribution in [1.82, 2.24) is 0 Å². The first-order valence-electron chi connectivity index (χ1n) is 15.4. The van der Waals surface area contributed by atoms with Crippen LogP contribution in [-0.2, 0) is 36.6 Å². The number of carbonyl (C=O) groups is 3. The second-order valence-corrected chi connectivity index (χ2v) is 13.9. The Morgan fingerprint density at radius 3 is 2.07 bits per heavy atom. The molecule has 0 bridgehead atoms. The summed E-state index contributed by atoms with van der Waals surface area (Å²) in [5.41, 5.74) is 2.44. The van der Waals surface area contributed by atoms with Crippen LogP contribution in [0.4, 0.5) is 10.5 Å². The lowest BCUT2D eigenvalue weighted by Gasteiger charge is -2.28. The molecule has 0 aliphatic heterocycles. The number of nitrogens with zero attached hydrogens (tertiary/aromatic N) is 1. The Hall–Kier alpha value is -2.09. The van der Waals surface area contributed by atoms with Gasteiger partial charge in [-0.25, -0.2) is 4.79 Å². The molecule has 44 heavy (non-hydrogen) atoms. The van der Waals surface area contributed by atoms with Gasteiger partial charge in [-0.15, -0.1) is 0 Å². The fourth-order valence-corrected chi connectivity index (χ4v) is 6.54. The molecule has 2 aromatic rings. The fraction of sp³-hybridized carbons (Fsp3) is 0.559. The van der Waals surface area contributed by atoms with Crippen LogP contribution in [0.1, 0.15) is 90.7 Å². The predicted octanol–water partition coefficient (Wildman–Crippen LogP) is 8.66. The molecule has 10 heteroatoms. The van der Waals surface area contributed by atoms with Gasteiger partial charge in [0.1, 0.15) is 11.4 Å². The topological polar surface area (TPSA) is 91.4 Å². The smallest absolute Gasteiger partial charge is 0.414 e. The van der Waals surface area contributed by atoms with Gasteiger partial charge in [-0.2, -0.15) is 0 Å². The Balaban J connectivity index is 2.00. The number of ether oxygens (including phenoxy) is 4. The van der Waals surface area contributed by atoms with Crippen LogP contribution in [-0.4, -0.2) is 50.0 Å². The van der Waals surface area contributed by atoms with Crippen molar-refractivity contribution in [3.63, 3.8) is 0 Å². The van der Waals surface area contributed by atoms with Gasteiger partial charge >= 0.3 is 18.0 Å². The van der Waals surface area contributed by atoms with Crippen LogP contribution in [0.5, 0.6) is 5.75 Å². The molecule has 0 aliphatic carbocycles. The quantitative estimate of drug-likeness (QED) is 0.0643. The van der Waals surface area contributed by atoms with Crippen molar-refractivity contribution in [2.24, 2.45) is 0 Å². The molecule has 0 atom stereocenters. The molecular weight excluding hydrogens is 788 g/mol. The average Bonchev–Trinajstić information content (AvgIpc) is 2.93. The molecule has 0 aromatic heterocycles. The molecule has 0 radical (unpaired) electrons. The summed E-state index contributed by atoms with van der Waals surface area (Å²) < 4.78 is 24.1. The minimum atomic E-state index is -0.575. The summed E-state index contributed by atoms with van der Waals surface area (Å²) in [5.74, 6) is 0.290. The van der Waals surface area contributed by atoms with E-state index < -0.39 is 5.60 Å². The molecule has 2 aromatic carbocycles. The van der Waals surface area contributed by atoms with Crippen molar-refractivity contribution in [3.05, 3.63) is 54.7 Å². The van der Waals surface area contributed by atoms with E-state index in [4.69, 9.17) is 18.9 Å². The van der Waals surface area contributed by atoms with Gasteiger partial charge in [0, 0.05) is 32.2 Å². The molecule has 0 heterocycles. The molecule has 0 fully saturated rings. The lowest BCUT2D eigenvalue weighted by Crippen LogP contribution is -2.37. The number of amides is 1. The van der Waals surface area contributed by atoms with Crippen molar-refractivity contribution in [3.8, 4) is 5.75 Å². The number of halogens is 2. The Morgan fingerprint density at radius 1 is 0.795 bits per heavy atom. The first kappa shape index (κ1) is 38.1. The summed E-state index contributed by atoms with van der Waals surface area (Å²) >= 11 is 4.55. The van der Waals surface area contributed by atoms with Gasteiger partial charge in [-0.3, -0.25) is 14.5 Å². The molecule has 0 spiro atoms. The SMILES string of the molecule is CCOC(=O)CCCOc1cccc(CCCCCCN(C(=O)OC(C)(C)C)c2cc(I)cc(I)c2)c1CCC(=O)OCC. The van der Waals surface area contributed by atoms with E-state index in [1.807, 2.05) is 45.0 Å². The third kappa shape index (κ3) is 14.8. The number of aryl methyl sites for hydroxylation is 1. The van der Waals surface area contributed by atoms with E-state index in [1.165, 1.54) is 0 Å². The standard InChI is InChI=1S/C34H47I2NO7/c1-6-41-31(38)17-13-21-43-30-16-12-15-25(29(30)18-19-32(39)42-7-2)14-10-8-9-11-20-37(33(40)44-34(3,4)5)28-23-26(35)22-27(36)24-28/h12,15-16,22-24H,6-11,13-14,17-21H2,1-5H3. The number of esters is 2. The third-order valence-electron chi connectivity index (χ3n) is 6.55. The molecule has 0 saturated carbocycles. The van der Waals surface area contributed by atoms with Crippen molar-refractivity contribution >= 4 is 68.9 Å². The van der Waals surface area contributed by atoms with Gasteiger partial charge < -0.3 is 18.9 Å². The highest BCUT2D eigenvalue weighted by molar-refractivity contribution is 14.1. The van der Waals surface area contributed by atoms with Crippen LogP contribution in [0.3, 0.4) is 0 Å². The molecule has 0 unspecified atom stereocenters. The zero-order chi connectivity index (χ0) is 32.5. The Bertz CT molecular complexity index is 1190. The normalized spacial score (nSPS) is 11.2. The number of carbonyl (C=O) groups excluding carboxylic acids is 3. The van der Waals surface area contributed by atoms with Crippen molar-refractivity contribution in [2.45, 2.75) is 98.0 Å². The zero-order valence-corrected chi connectivity index (χ0v) is 31.0. The summed E-state index contributed by atoms with van der Waals surface area (Å²) in [5, 5.41) is 0. The van der Waals surface area contributed by atoms with Crippen LogP contribution in [0.25, 0.3) is 0 Å². The number of hydrogen-bond donors (Lipinski definition) is 0. The molecular formula is C34H47I2NO7. The van der Waals surface area contributed by atoms with Gasteiger partial charge in [-0.05, 0) is 147 Å². The predicted molar refractivity (Wildman–Crippen MR) is 190 cm³/mol. The maximum absolute atomic E-state index is 13.1. The zero-order valence-electron chi connectivity index (χ0n) is 26.7. The second kappa shape index (κ2) is 20.1. The van der Waals surface area contributed by atoms with Crippen LogP contribution in [0, 0.1) is 7.14 Å². The largest absolute Gasteiger partial charge is 0.493 e. The lowest BCUT2D eigenvalue weighted by molar-refractivity contribution is -0.144. The Labute approximate surface area is 290 Å². The molecule has 1 amide bonds. The van der Waals surface area contributed by atoms with Gasteiger partial charge in [0.2, 0.25) is 0 Å². The maximum atomic E-state index is 13.1. The minimum absolute atomic E-state index is 0.227. The van der Waals surface area contributed by atoms with E-state index in [9.17, 15) is 14.4 Å². The maximum Gasteiger partial charge on any atom is 0.414 e. The summed E-state index contributed by atoms with van der Waals surface area (Å²) in [7, 11) is 0. The van der Waals surface area contributed by atoms with Gasteiger partial charge in [0.15, 0.2) is 0 Å². The van der Waals surface area contributed by atoms with E-state index in [2.05, 4.69) is 57.3 Å². The van der Waals surface area contributed by atoms with Gasteiger partial charge in [0.05, 0.1) is 19.8 Å². The molecule has 2 rings (SSSR count).